The molecule has 3 aromatic rings. The molecule has 1 amide bonds. The number of hydrogen-bond acceptors (Lipinski definition) is 6. The summed E-state index contributed by atoms with van der Waals surface area (Å²) in [5.41, 5.74) is 3.15. The lowest BCUT2D eigenvalue weighted by molar-refractivity contribution is -0.143. The average molecular weight is 530 g/mol. The van der Waals surface area contributed by atoms with E-state index in [0.29, 0.717) is 11.3 Å². The molecule has 2 heterocycles. The molecule has 2 aromatic carbocycles. The molecule has 1 fully saturated rings. The van der Waals surface area contributed by atoms with Gasteiger partial charge in [0, 0.05) is 18.2 Å². The minimum absolute atomic E-state index is 0.0463. The van der Waals surface area contributed by atoms with E-state index >= 15 is 0 Å². The highest BCUT2D eigenvalue weighted by molar-refractivity contribution is 7.89. The maximum Gasteiger partial charge on any atom is 0.326 e. The molecule has 0 saturated carbocycles. The number of hydrogen-bond donors (Lipinski definition) is 0. The van der Waals surface area contributed by atoms with E-state index < -0.39 is 21.9 Å². The molecule has 1 aliphatic rings. The van der Waals surface area contributed by atoms with Gasteiger partial charge in [0.2, 0.25) is 10.0 Å². The highest BCUT2D eigenvalue weighted by Crippen LogP contribution is 2.26. The van der Waals surface area contributed by atoms with Crippen molar-refractivity contribution in [3.63, 3.8) is 0 Å². The van der Waals surface area contributed by atoms with Crippen LogP contribution in [0.4, 0.5) is 0 Å². The Labute approximate surface area is 215 Å². The van der Waals surface area contributed by atoms with E-state index in [0.717, 1.165) is 40.6 Å². The highest BCUT2D eigenvalue weighted by atomic mass is 32.2. The highest BCUT2D eigenvalue weighted by Gasteiger charge is 2.31. The molecule has 1 saturated heterocycles. The predicted molar refractivity (Wildman–Crippen MR) is 139 cm³/mol. The summed E-state index contributed by atoms with van der Waals surface area (Å²) in [4.78, 5) is 30.2. The number of nitrogens with zero attached hydrogens (tertiary/aromatic N) is 3. The Bertz CT molecular complexity index is 1470. The predicted octanol–water partition coefficient (Wildman–Crippen LogP) is 4.19. The third kappa shape index (κ3) is 5.30. The number of carbonyl (C=O) groups is 2. The van der Waals surface area contributed by atoms with Gasteiger partial charge in [-0.1, -0.05) is 23.8 Å². The fraction of sp³-hybridized carbons (Fsp3) is 0.423. The van der Waals surface area contributed by atoms with E-state index in [1.807, 2.05) is 32.9 Å². The van der Waals surface area contributed by atoms with E-state index in [-0.39, 0.29) is 29.7 Å². The molecule has 0 N–H and O–H groups in total. The second-order valence-electron chi connectivity index (χ2n) is 9.11. The summed E-state index contributed by atoms with van der Waals surface area (Å²) >= 11 is 1.33. The minimum atomic E-state index is -3.63. The number of sulfonamides is 1. The van der Waals surface area contributed by atoms with Crippen LogP contribution >= 0.6 is 11.3 Å². The number of esters is 1. The fourth-order valence-electron chi connectivity index (χ4n) is 4.57. The van der Waals surface area contributed by atoms with E-state index in [9.17, 15) is 18.0 Å². The summed E-state index contributed by atoms with van der Waals surface area (Å²) < 4.78 is 35.5. The molecule has 1 aliphatic heterocycles. The van der Waals surface area contributed by atoms with Crippen LogP contribution in [0.3, 0.4) is 0 Å². The molecule has 1 aromatic heterocycles. The molecule has 192 valence electrons. The van der Waals surface area contributed by atoms with Crippen molar-refractivity contribution in [3.8, 4) is 0 Å². The molecule has 8 nitrogen and oxygen atoms in total. The summed E-state index contributed by atoms with van der Waals surface area (Å²) in [6.07, 6.45) is 2.71. The third-order valence-electron chi connectivity index (χ3n) is 6.35. The molecule has 10 heteroatoms. The van der Waals surface area contributed by atoms with Gasteiger partial charge in [-0.2, -0.15) is 9.30 Å². The van der Waals surface area contributed by atoms with Gasteiger partial charge in [-0.05, 0) is 82.0 Å². The Kier molecular flexibility index (Phi) is 7.77. The Hall–Kier alpha value is -2.82. The average Bonchev–Trinajstić information content (AvgIpc) is 3.16. The van der Waals surface area contributed by atoms with Crippen LogP contribution in [0.5, 0.6) is 0 Å². The fourth-order valence-corrected chi connectivity index (χ4v) is 7.35. The zero-order chi connectivity index (χ0) is 26.0. The molecule has 0 spiro atoms. The summed E-state index contributed by atoms with van der Waals surface area (Å²) in [5, 5.41) is 0. The number of aromatic nitrogens is 1. The molecule has 0 radical (unpaired) electrons. The zero-order valence-electron chi connectivity index (χ0n) is 21.0. The van der Waals surface area contributed by atoms with E-state index in [1.54, 1.807) is 11.5 Å². The monoisotopic (exact) mass is 529 g/mol. The normalized spacial score (nSPS) is 17.4. The first-order valence-corrected chi connectivity index (χ1v) is 14.3. The number of benzene rings is 2. The summed E-state index contributed by atoms with van der Waals surface area (Å²) in [6.45, 7) is 8.32. The van der Waals surface area contributed by atoms with Crippen LogP contribution in [0.2, 0.25) is 0 Å². The quantitative estimate of drug-likeness (QED) is 0.446. The number of piperidine rings is 1. The first kappa shape index (κ1) is 26.2. The minimum Gasteiger partial charge on any atom is -0.465 e. The maximum atomic E-state index is 13.1. The van der Waals surface area contributed by atoms with E-state index in [4.69, 9.17) is 4.74 Å². The molecule has 0 aliphatic carbocycles. The number of carbonyl (C=O) groups excluding carboxylic acids is 2. The molecule has 0 bridgehead atoms. The van der Waals surface area contributed by atoms with Gasteiger partial charge in [-0.15, -0.1) is 0 Å². The zero-order valence-corrected chi connectivity index (χ0v) is 22.6. The first-order chi connectivity index (χ1) is 17.1. The standard InChI is InChI=1S/C26H31N3O5S2/c1-5-34-23(30)16-28-22-15-17(2)14-18(3)24(22)35-26(28)27-25(31)20-9-11-21(12-10-20)36(32,33)29-13-7-6-8-19(29)4/h9-12,14-15,19H,5-8,13,16H2,1-4H3. The van der Waals surface area contributed by atoms with Gasteiger partial charge in [0.1, 0.15) is 6.54 Å². The van der Waals surface area contributed by atoms with Crippen molar-refractivity contribution >= 4 is 43.5 Å². The lowest BCUT2D eigenvalue weighted by Gasteiger charge is -2.32. The number of thiazole rings is 1. The molecule has 36 heavy (non-hydrogen) atoms. The molecule has 1 atom stereocenters. The van der Waals surface area contributed by atoms with Crippen molar-refractivity contribution in [2.75, 3.05) is 13.2 Å². The number of ether oxygens (including phenoxy) is 1. The van der Waals surface area contributed by atoms with E-state index in [2.05, 4.69) is 4.99 Å². The van der Waals surface area contributed by atoms with Gasteiger partial charge in [-0.25, -0.2) is 8.42 Å². The van der Waals surface area contributed by atoms with Crippen molar-refractivity contribution in [3.05, 3.63) is 57.9 Å². The van der Waals surface area contributed by atoms with Gasteiger partial charge < -0.3 is 9.30 Å². The second-order valence-corrected chi connectivity index (χ2v) is 12.0. The van der Waals surface area contributed by atoms with Gasteiger partial charge in [-0.3, -0.25) is 9.59 Å². The Balaban J connectivity index is 1.69. The van der Waals surface area contributed by atoms with Crippen molar-refractivity contribution < 1.29 is 22.7 Å². The van der Waals surface area contributed by atoms with Gasteiger partial charge >= 0.3 is 5.97 Å². The number of fused-ring (bicyclic) bond motifs is 1. The van der Waals surface area contributed by atoms with Crippen LogP contribution in [0.15, 0.2) is 46.3 Å². The van der Waals surface area contributed by atoms with E-state index in [1.165, 1.54) is 39.9 Å². The third-order valence-corrected chi connectivity index (χ3v) is 9.61. The van der Waals surface area contributed by atoms with Gasteiger partial charge in [0.05, 0.1) is 21.7 Å². The van der Waals surface area contributed by atoms with Crippen molar-refractivity contribution in [2.45, 2.75) is 64.4 Å². The smallest absolute Gasteiger partial charge is 0.326 e. The van der Waals surface area contributed by atoms with Crippen molar-refractivity contribution in [1.29, 1.82) is 0 Å². The lowest BCUT2D eigenvalue weighted by Crippen LogP contribution is -2.41. The second kappa shape index (κ2) is 10.7. The number of amides is 1. The largest absolute Gasteiger partial charge is 0.465 e. The Morgan fingerprint density at radius 1 is 1.14 bits per heavy atom. The first-order valence-electron chi connectivity index (χ1n) is 12.1. The Morgan fingerprint density at radius 3 is 2.53 bits per heavy atom. The van der Waals surface area contributed by atoms with Crippen molar-refractivity contribution in [2.24, 2.45) is 4.99 Å². The van der Waals surface area contributed by atoms with Crippen LogP contribution in [-0.4, -0.2) is 48.4 Å². The van der Waals surface area contributed by atoms with Gasteiger partial charge in [0.25, 0.3) is 5.91 Å². The van der Waals surface area contributed by atoms with Crippen molar-refractivity contribution in [1.82, 2.24) is 8.87 Å². The van der Waals surface area contributed by atoms with Crippen LogP contribution in [0.1, 0.15) is 54.6 Å². The molecule has 1 unspecified atom stereocenters. The van der Waals surface area contributed by atoms with Crippen LogP contribution in [0, 0.1) is 13.8 Å². The van der Waals surface area contributed by atoms with Crippen LogP contribution in [0.25, 0.3) is 10.2 Å². The lowest BCUT2D eigenvalue weighted by atomic mass is 10.1. The van der Waals surface area contributed by atoms with Gasteiger partial charge in [0.15, 0.2) is 4.80 Å². The topological polar surface area (TPSA) is 98.0 Å². The maximum absolute atomic E-state index is 13.1. The van der Waals surface area contributed by atoms with Crippen LogP contribution < -0.4 is 4.80 Å². The summed E-state index contributed by atoms with van der Waals surface area (Å²) in [7, 11) is -3.63. The summed E-state index contributed by atoms with van der Waals surface area (Å²) in [5.74, 6) is -0.921. The SMILES string of the molecule is CCOC(=O)Cn1c(=NC(=O)c2ccc(S(=O)(=O)N3CCCCC3C)cc2)sc2c(C)cc(C)cc21. The number of rotatable bonds is 6. The molecular weight excluding hydrogens is 498 g/mol. The molecule has 4 rings (SSSR count). The Morgan fingerprint density at radius 2 is 1.86 bits per heavy atom. The summed E-state index contributed by atoms with van der Waals surface area (Å²) in [6, 6.07) is 9.87. The van der Waals surface area contributed by atoms with Crippen LogP contribution in [-0.2, 0) is 26.1 Å². The number of aryl methyl sites for hydroxylation is 2. The molecular formula is C26H31N3O5S2.